The zero-order chi connectivity index (χ0) is 23.5. The van der Waals surface area contributed by atoms with E-state index in [2.05, 4.69) is 5.10 Å². The molecule has 0 N–H and O–H groups in total. The Kier molecular flexibility index (Phi) is 6.86. The molecule has 0 saturated heterocycles. The van der Waals surface area contributed by atoms with Crippen LogP contribution in [-0.2, 0) is 12.7 Å². The summed E-state index contributed by atoms with van der Waals surface area (Å²) in [6.07, 6.45) is -4.17. The molecule has 1 amide bonds. The summed E-state index contributed by atoms with van der Waals surface area (Å²) in [5.74, 6) is -0.740. The molecule has 0 aliphatic carbocycles. The van der Waals surface area contributed by atoms with Crippen molar-refractivity contribution in [2.75, 3.05) is 25.5 Å². The Morgan fingerprint density at radius 3 is 2.19 bits per heavy atom. The minimum absolute atomic E-state index is 0.102. The number of hydrogen-bond donors (Lipinski definition) is 0. The van der Waals surface area contributed by atoms with Gasteiger partial charge in [0, 0.05) is 31.8 Å². The lowest BCUT2D eigenvalue weighted by Gasteiger charge is -2.25. The summed E-state index contributed by atoms with van der Waals surface area (Å²) in [4.78, 5) is 15.9. The molecule has 3 aromatic rings. The van der Waals surface area contributed by atoms with Crippen LogP contribution in [0.15, 0.2) is 54.6 Å². The first-order valence-corrected chi connectivity index (χ1v) is 10.1. The zero-order valence-corrected chi connectivity index (χ0v) is 18.0. The first-order valence-electron chi connectivity index (χ1n) is 10.1. The summed E-state index contributed by atoms with van der Waals surface area (Å²) < 4.78 is 56.5. The molecule has 0 unspecified atom stereocenters. The van der Waals surface area contributed by atoms with Gasteiger partial charge in [0.25, 0.3) is 5.91 Å². The standard InChI is InChI=1S/C23H24F4N4O/c1-4-14-30(22(32)16-10-12-17(24)13-11-16)15-19-20(23(25,26)27)28-31(21(19)29(2)3)18-8-6-5-7-9-18/h5-13H,4,14-15H2,1-3H3. The lowest BCUT2D eigenvalue weighted by atomic mass is 10.1. The molecule has 0 aliphatic rings. The van der Waals surface area contributed by atoms with Gasteiger partial charge < -0.3 is 9.80 Å². The van der Waals surface area contributed by atoms with Crippen LogP contribution in [-0.4, -0.2) is 41.2 Å². The molecule has 32 heavy (non-hydrogen) atoms. The topological polar surface area (TPSA) is 41.4 Å². The first-order chi connectivity index (χ1) is 15.1. The number of amides is 1. The van der Waals surface area contributed by atoms with Gasteiger partial charge in [-0.15, -0.1) is 0 Å². The van der Waals surface area contributed by atoms with Gasteiger partial charge in [-0.1, -0.05) is 25.1 Å². The molecule has 2 aromatic carbocycles. The Bertz CT molecular complexity index is 1060. The van der Waals surface area contributed by atoms with Crippen molar-refractivity contribution in [3.63, 3.8) is 0 Å². The maximum atomic E-state index is 14.0. The van der Waals surface area contributed by atoms with E-state index in [1.807, 2.05) is 6.92 Å². The van der Waals surface area contributed by atoms with Crippen LogP contribution in [0.3, 0.4) is 0 Å². The van der Waals surface area contributed by atoms with E-state index in [-0.39, 0.29) is 30.0 Å². The van der Waals surface area contributed by atoms with Crippen LogP contribution in [0.5, 0.6) is 0 Å². The van der Waals surface area contributed by atoms with E-state index in [1.165, 1.54) is 21.7 Å². The minimum atomic E-state index is -4.71. The average molecular weight is 448 g/mol. The van der Waals surface area contributed by atoms with Gasteiger partial charge >= 0.3 is 6.18 Å². The number of alkyl halides is 3. The predicted molar refractivity (Wildman–Crippen MR) is 114 cm³/mol. The lowest BCUT2D eigenvalue weighted by molar-refractivity contribution is -0.142. The number of hydrogen-bond acceptors (Lipinski definition) is 3. The van der Waals surface area contributed by atoms with E-state index in [4.69, 9.17) is 0 Å². The Labute approximate surface area is 183 Å². The fourth-order valence-corrected chi connectivity index (χ4v) is 3.51. The van der Waals surface area contributed by atoms with Gasteiger partial charge in [0.1, 0.15) is 11.6 Å². The third-order valence-electron chi connectivity index (χ3n) is 4.87. The van der Waals surface area contributed by atoms with E-state index >= 15 is 0 Å². The fraction of sp³-hybridized carbons (Fsp3) is 0.304. The highest BCUT2D eigenvalue weighted by molar-refractivity contribution is 5.94. The molecule has 0 atom stereocenters. The summed E-state index contributed by atoms with van der Waals surface area (Å²) in [5.41, 5.74) is -0.469. The highest BCUT2D eigenvalue weighted by Gasteiger charge is 2.40. The summed E-state index contributed by atoms with van der Waals surface area (Å²) in [6, 6.07) is 13.5. The number of rotatable bonds is 7. The minimum Gasteiger partial charge on any atom is -0.362 e. The second-order valence-corrected chi connectivity index (χ2v) is 7.52. The van der Waals surface area contributed by atoms with Crippen LogP contribution in [0.25, 0.3) is 5.69 Å². The number of carbonyl (C=O) groups excluding carboxylic acids is 1. The SMILES string of the molecule is CCCN(Cc1c(C(F)(F)F)nn(-c2ccccc2)c1N(C)C)C(=O)c1ccc(F)cc1. The van der Waals surface area contributed by atoms with E-state index in [9.17, 15) is 22.4 Å². The first kappa shape index (κ1) is 23.3. The molecular weight excluding hydrogens is 424 g/mol. The molecule has 170 valence electrons. The van der Waals surface area contributed by atoms with Crippen molar-refractivity contribution in [1.82, 2.24) is 14.7 Å². The van der Waals surface area contributed by atoms with Crippen molar-refractivity contribution < 1.29 is 22.4 Å². The highest BCUT2D eigenvalue weighted by Crippen LogP contribution is 2.37. The quantitative estimate of drug-likeness (QED) is 0.470. The van der Waals surface area contributed by atoms with Crippen LogP contribution >= 0.6 is 0 Å². The van der Waals surface area contributed by atoms with Crippen molar-refractivity contribution in [3.8, 4) is 5.69 Å². The van der Waals surface area contributed by atoms with Crippen LogP contribution < -0.4 is 4.90 Å². The normalized spacial score (nSPS) is 11.5. The summed E-state index contributed by atoms with van der Waals surface area (Å²) >= 11 is 0. The number of anilines is 1. The third kappa shape index (κ3) is 4.92. The Hall–Kier alpha value is -3.36. The molecule has 1 heterocycles. The average Bonchev–Trinajstić information content (AvgIpc) is 3.14. The Morgan fingerprint density at radius 2 is 1.66 bits per heavy atom. The van der Waals surface area contributed by atoms with Crippen molar-refractivity contribution >= 4 is 11.7 Å². The molecule has 9 heteroatoms. The number of aromatic nitrogens is 2. The molecule has 0 bridgehead atoms. The molecule has 0 spiro atoms. The number of benzene rings is 2. The molecule has 5 nitrogen and oxygen atoms in total. The van der Waals surface area contributed by atoms with Gasteiger partial charge in [-0.2, -0.15) is 18.3 Å². The van der Waals surface area contributed by atoms with Crippen molar-refractivity contribution in [2.45, 2.75) is 26.1 Å². The van der Waals surface area contributed by atoms with Crippen molar-refractivity contribution in [2.24, 2.45) is 0 Å². The maximum absolute atomic E-state index is 14.0. The molecule has 1 aromatic heterocycles. The van der Waals surface area contributed by atoms with E-state index in [0.717, 1.165) is 12.1 Å². The zero-order valence-electron chi connectivity index (χ0n) is 18.0. The second-order valence-electron chi connectivity index (χ2n) is 7.52. The molecule has 0 saturated carbocycles. The van der Waals surface area contributed by atoms with Gasteiger partial charge in [-0.05, 0) is 42.8 Å². The maximum Gasteiger partial charge on any atom is 0.435 e. The number of halogens is 4. The summed E-state index contributed by atoms with van der Waals surface area (Å²) in [7, 11) is 3.26. The van der Waals surface area contributed by atoms with Gasteiger partial charge in [-0.3, -0.25) is 4.79 Å². The number of para-hydroxylation sites is 1. The van der Waals surface area contributed by atoms with Crippen LogP contribution in [0.1, 0.15) is 35.0 Å². The Balaban J connectivity index is 2.12. The molecular formula is C23H24F4N4O. The smallest absolute Gasteiger partial charge is 0.362 e. The van der Waals surface area contributed by atoms with Gasteiger partial charge in [0.2, 0.25) is 0 Å². The monoisotopic (exact) mass is 448 g/mol. The van der Waals surface area contributed by atoms with Crippen LogP contribution in [0.2, 0.25) is 0 Å². The second kappa shape index (κ2) is 9.42. The molecule has 0 radical (unpaired) electrons. The van der Waals surface area contributed by atoms with E-state index in [0.29, 0.717) is 12.1 Å². The molecule has 0 aliphatic heterocycles. The molecule has 0 fully saturated rings. The lowest BCUT2D eigenvalue weighted by Crippen LogP contribution is -2.32. The Morgan fingerprint density at radius 1 is 1.03 bits per heavy atom. The van der Waals surface area contributed by atoms with Gasteiger partial charge in [0.15, 0.2) is 5.69 Å². The summed E-state index contributed by atoms with van der Waals surface area (Å²) in [5, 5.41) is 3.89. The number of nitrogens with zero attached hydrogens (tertiary/aromatic N) is 4. The predicted octanol–water partition coefficient (Wildman–Crippen LogP) is 5.15. The van der Waals surface area contributed by atoms with Crippen molar-refractivity contribution in [3.05, 3.63) is 77.2 Å². The van der Waals surface area contributed by atoms with E-state index < -0.39 is 23.6 Å². The summed E-state index contributed by atoms with van der Waals surface area (Å²) in [6.45, 7) is 1.77. The van der Waals surface area contributed by atoms with E-state index in [1.54, 1.807) is 49.3 Å². The van der Waals surface area contributed by atoms with Crippen LogP contribution in [0, 0.1) is 5.82 Å². The molecule has 3 rings (SSSR count). The van der Waals surface area contributed by atoms with Gasteiger partial charge in [-0.25, -0.2) is 9.07 Å². The van der Waals surface area contributed by atoms with Crippen LogP contribution in [0.4, 0.5) is 23.4 Å². The third-order valence-corrected chi connectivity index (χ3v) is 4.87. The number of carbonyl (C=O) groups is 1. The van der Waals surface area contributed by atoms with Crippen molar-refractivity contribution in [1.29, 1.82) is 0 Å². The fourth-order valence-electron chi connectivity index (χ4n) is 3.51. The largest absolute Gasteiger partial charge is 0.435 e. The van der Waals surface area contributed by atoms with Gasteiger partial charge in [0.05, 0.1) is 12.2 Å². The highest BCUT2D eigenvalue weighted by atomic mass is 19.4.